The minimum Gasteiger partial charge on any atom is -0.503 e. The predicted octanol–water partition coefficient (Wildman–Crippen LogP) is 6.95. The lowest BCUT2D eigenvalue weighted by Crippen LogP contribution is -2.09. The molecule has 1 aromatic rings. The van der Waals surface area contributed by atoms with Crippen molar-refractivity contribution in [2.24, 2.45) is 0 Å². The van der Waals surface area contributed by atoms with Crippen LogP contribution in [0.2, 0.25) is 0 Å². The Hall–Kier alpha value is 0.480. The maximum atomic E-state index is 10.9. The normalized spacial score (nSPS) is 10.8. The number of benzene rings is 1. The second-order valence-electron chi connectivity index (χ2n) is 5.69. The molecular formula is C17H23I3O4. The fourth-order valence-electron chi connectivity index (χ4n) is 2.53. The average molecular weight is 672 g/mol. The highest BCUT2D eigenvalue weighted by atomic mass is 127. The minimum absolute atomic E-state index is 0.0719. The van der Waals surface area contributed by atoms with Gasteiger partial charge in [-0.25, -0.2) is 4.79 Å². The number of phenols is 1. The molecule has 136 valence electrons. The molecule has 1 aromatic carbocycles. The van der Waals surface area contributed by atoms with E-state index in [0.29, 0.717) is 3.57 Å². The molecule has 0 heterocycles. The molecule has 4 nitrogen and oxygen atoms in total. The molecule has 0 aromatic heterocycles. The highest BCUT2D eigenvalue weighted by molar-refractivity contribution is 14.1. The van der Waals surface area contributed by atoms with E-state index >= 15 is 0 Å². The highest BCUT2D eigenvalue weighted by Gasteiger charge is 2.22. The van der Waals surface area contributed by atoms with Gasteiger partial charge in [0.1, 0.15) is 0 Å². The second kappa shape index (κ2) is 12.0. The molecule has 0 saturated heterocycles. The van der Waals surface area contributed by atoms with Gasteiger partial charge in [0.05, 0.1) is 3.57 Å². The van der Waals surface area contributed by atoms with Gasteiger partial charge in [-0.1, -0.05) is 51.9 Å². The Morgan fingerprint density at radius 1 is 0.917 bits per heavy atom. The van der Waals surface area contributed by atoms with E-state index in [4.69, 9.17) is 9.84 Å². The van der Waals surface area contributed by atoms with Crippen LogP contribution < -0.4 is 4.74 Å². The van der Waals surface area contributed by atoms with Crippen LogP contribution >= 0.6 is 67.8 Å². The van der Waals surface area contributed by atoms with Gasteiger partial charge in [-0.3, -0.25) is 0 Å². The summed E-state index contributed by atoms with van der Waals surface area (Å²) in [6.45, 7) is 2.22. The summed E-state index contributed by atoms with van der Waals surface area (Å²) in [7, 11) is 0. The van der Waals surface area contributed by atoms with E-state index in [-0.39, 0.29) is 11.5 Å². The molecule has 1 rings (SSSR count). The number of rotatable bonds is 10. The smallest absolute Gasteiger partial charge is 0.503 e. The van der Waals surface area contributed by atoms with Gasteiger partial charge in [0.25, 0.3) is 0 Å². The topological polar surface area (TPSA) is 66.8 Å². The standard InChI is InChI=1S/C17H23I3O4/c1-2-3-4-5-6-7-8-9-10-11-12(18)13(19)14(20)15(21)16(11)24-17(22)23/h21H,2-10H2,1H3,(H,22,23). The zero-order chi connectivity index (χ0) is 18.1. The molecule has 0 unspecified atom stereocenters. The average Bonchev–Trinajstić information content (AvgIpc) is 2.55. The fourth-order valence-corrected chi connectivity index (χ4v) is 4.93. The molecule has 0 fully saturated rings. The fraction of sp³-hybridized carbons (Fsp3) is 0.588. The molecule has 2 N–H and O–H groups in total. The third-order valence-corrected chi connectivity index (χ3v) is 9.20. The zero-order valence-electron chi connectivity index (χ0n) is 13.7. The Kier molecular flexibility index (Phi) is 11.2. The first-order valence-corrected chi connectivity index (χ1v) is 11.4. The molecule has 0 bridgehead atoms. The number of ether oxygens (including phenoxy) is 1. The van der Waals surface area contributed by atoms with E-state index in [1.165, 1.54) is 38.5 Å². The zero-order valence-corrected chi connectivity index (χ0v) is 20.2. The molecule has 0 amide bonds. The maximum absolute atomic E-state index is 10.9. The summed E-state index contributed by atoms with van der Waals surface area (Å²) >= 11 is 6.40. The van der Waals surface area contributed by atoms with Crippen LogP contribution in [0.3, 0.4) is 0 Å². The van der Waals surface area contributed by atoms with Crippen molar-refractivity contribution in [3.05, 3.63) is 16.3 Å². The van der Waals surface area contributed by atoms with Crippen molar-refractivity contribution in [2.45, 2.75) is 64.7 Å². The monoisotopic (exact) mass is 672 g/mol. The lowest BCUT2D eigenvalue weighted by atomic mass is 10.0. The van der Waals surface area contributed by atoms with Crippen molar-refractivity contribution >= 4 is 73.9 Å². The van der Waals surface area contributed by atoms with Gasteiger partial charge in [-0.05, 0) is 80.6 Å². The Bertz CT molecular complexity index is 562. The van der Waals surface area contributed by atoms with Crippen molar-refractivity contribution in [3.8, 4) is 11.5 Å². The van der Waals surface area contributed by atoms with E-state index < -0.39 is 6.16 Å². The summed E-state index contributed by atoms with van der Waals surface area (Å²) < 4.78 is 7.41. The van der Waals surface area contributed by atoms with E-state index in [2.05, 4.69) is 52.1 Å². The summed E-state index contributed by atoms with van der Waals surface area (Å²) in [6.07, 6.45) is 9.04. The van der Waals surface area contributed by atoms with Gasteiger partial charge >= 0.3 is 6.16 Å². The quantitative estimate of drug-likeness (QED) is 0.0930. The number of hydrogen-bond acceptors (Lipinski definition) is 3. The molecule has 7 heteroatoms. The lowest BCUT2D eigenvalue weighted by molar-refractivity contribution is 0.142. The van der Waals surface area contributed by atoms with Crippen LogP contribution in [0.4, 0.5) is 4.79 Å². The third kappa shape index (κ3) is 7.00. The van der Waals surface area contributed by atoms with Crippen LogP contribution in [-0.4, -0.2) is 16.4 Å². The van der Waals surface area contributed by atoms with Crippen LogP contribution in [0, 0.1) is 10.7 Å². The third-order valence-electron chi connectivity index (χ3n) is 3.82. The second-order valence-corrected chi connectivity index (χ2v) is 8.93. The summed E-state index contributed by atoms with van der Waals surface area (Å²) in [5, 5.41) is 19.2. The number of phenolic OH excluding ortho intramolecular Hbond substituents is 1. The van der Waals surface area contributed by atoms with Gasteiger partial charge < -0.3 is 14.9 Å². The van der Waals surface area contributed by atoms with Crippen molar-refractivity contribution in [1.82, 2.24) is 0 Å². The van der Waals surface area contributed by atoms with Crippen molar-refractivity contribution in [1.29, 1.82) is 0 Å². The number of carbonyl (C=O) groups is 1. The SMILES string of the molecule is CCCCCCCCCCc1c(I)c(I)c(I)c(O)c1OC(=O)O. The van der Waals surface area contributed by atoms with Crippen LogP contribution in [0.25, 0.3) is 0 Å². The van der Waals surface area contributed by atoms with Crippen LogP contribution in [-0.2, 0) is 6.42 Å². The molecule has 0 spiro atoms. The lowest BCUT2D eigenvalue weighted by Gasteiger charge is -2.15. The number of unbranched alkanes of at least 4 members (excludes halogenated alkanes) is 7. The first-order valence-electron chi connectivity index (χ1n) is 8.19. The van der Waals surface area contributed by atoms with Crippen molar-refractivity contribution in [2.75, 3.05) is 0 Å². The van der Waals surface area contributed by atoms with E-state index in [9.17, 15) is 9.90 Å². The first-order chi connectivity index (χ1) is 11.4. The van der Waals surface area contributed by atoms with Gasteiger partial charge in [-0.2, -0.15) is 0 Å². The summed E-state index contributed by atoms with van der Waals surface area (Å²) in [5.41, 5.74) is 0.797. The first kappa shape index (κ1) is 22.5. The molecule has 0 aliphatic heterocycles. The molecule has 0 atom stereocenters. The number of hydrogen-bond donors (Lipinski definition) is 2. The summed E-state index contributed by atoms with van der Waals surface area (Å²) in [4.78, 5) is 10.9. The van der Waals surface area contributed by atoms with Crippen molar-refractivity contribution < 1.29 is 19.7 Å². The molecule has 24 heavy (non-hydrogen) atoms. The molecule has 0 aliphatic rings. The number of aromatic hydroxyl groups is 1. The molecule has 0 aliphatic carbocycles. The van der Waals surface area contributed by atoms with E-state index in [1.807, 2.05) is 22.6 Å². The number of halogens is 3. The van der Waals surface area contributed by atoms with Gasteiger partial charge in [0.15, 0.2) is 11.5 Å². The van der Waals surface area contributed by atoms with Gasteiger partial charge in [0, 0.05) is 12.7 Å². The number of carboxylic acid groups (broad SMARTS) is 1. The molecule has 0 radical (unpaired) electrons. The van der Waals surface area contributed by atoms with Crippen LogP contribution in [0.15, 0.2) is 0 Å². The maximum Gasteiger partial charge on any atom is 0.511 e. The van der Waals surface area contributed by atoms with E-state index in [1.54, 1.807) is 0 Å². The van der Waals surface area contributed by atoms with Gasteiger partial charge in [0.2, 0.25) is 0 Å². The molecular weight excluding hydrogens is 649 g/mol. The Balaban J connectivity index is 2.67. The predicted molar refractivity (Wildman–Crippen MR) is 121 cm³/mol. The summed E-state index contributed by atoms with van der Waals surface area (Å²) in [5.74, 6) is 0.0250. The Labute approximate surface area is 184 Å². The Morgan fingerprint density at radius 3 is 2.00 bits per heavy atom. The van der Waals surface area contributed by atoms with Crippen LogP contribution in [0.1, 0.15) is 63.9 Å². The Morgan fingerprint density at radius 2 is 1.46 bits per heavy atom. The van der Waals surface area contributed by atoms with Crippen molar-refractivity contribution in [3.63, 3.8) is 0 Å². The van der Waals surface area contributed by atoms with E-state index in [0.717, 1.165) is 32.0 Å². The van der Waals surface area contributed by atoms with Gasteiger partial charge in [-0.15, -0.1) is 0 Å². The largest absolute Gasteiger partial charge is 0.511 e. The molecule has 0 saturated carbocycles. The minimum atomic E-state index is -1.39. The van der Waals surface area contributed by atoms with Crippen LogP contribution in [0.5, 0.6) is 11.5 Å². The highest BCUT2D eigenvalue weighted by Crippen LogP contribution is 2.42. The summed E-state index contributed by atoms with van der Waals surface area (Å²) in [6, 6.07) is 0.